The molecule has 1 aromatic heterocycles. The van der Waals surface area contributed by atoms with Crippen LogP contribution in [0.2, 0.25) is 0 Å². The molecule has 2 fully saturated rings. The van der Waals surface area contributed by atoms with Gasteiger partial charge in [-0.3, -0.25) is 14.9 Å². The molecule has 5 rings (SSSR count). The number of anilines is 2. The van der Waals surface area contributed by atoms with E-state index in [0.29, 0.717) is 43.3 Å². The van der Waals surface area contributed by atoms with Gasteiger partial charge in [0.1, 0.15) is 11.5 Å². The molecule has 2 aromatic carbocycles. The van der Waals surface area contributed by atoms with Crippen LogP contribution in [-0.4, -0.2) is 60.0 Å². The number of nitro benzene ring substituents is 1. The van der Waals surface area contributed by atoms with Crippen molar-refractivity contribution in [3.05, 3.63) is 94.2 Å². The van der Waals surface area contributed by atoms with Crippen LogP contribution in [0, 0.1) is 16.0 Å². The van der Waals surface area contributed by atoms with E-state index in [1.165, 1.54) is 11.6 Å². The highest BCUT2D eigenvalue weighted by Gasteiger charge is 2.28. The van der Waals surface area contributed by atoms with E-state index in [-0.39, 0.29) is 16.5 Å². The zero-order valence-electron chi connectivity index (χ0n) is 20.3. The van der Waals surface area contributed by atoms with Gasteiger partial charge >= 0.3 is 0 Å². The number of pyridine rings is 1. The lowest BCUT2D eigenvalue weighted by Crippen LogP contribution is -2.47. The van der Waals surface area contributed by atoms with Crippen molar-refractivity contribution in [3.8, 4) is 0 Å². The van der Waals surface area contributed by atoms with Crippen LogP contribution in [0.3, 0.4) is 0 Å². The van der Waals surface area contributed by atoms with Gasteiger partial charge < -0.3 is 14.7 Å². The number of amides is 1. The molecule has 186 valence electrons. The van der Waals surface area contributed by atoms with Crippen molar-refractivity contribution >= 4 is 23.1 Å². The average molecular weight is 486 g/mol. The van der Waals surface area contributed by atoms with Crippen LogP contribution in [0.1, 0.15) is 28.8 Å². The van der Waals surface area contributed by atoms with Crippen molar-refractivity contribution < 1.29 is 9.72 Å². The second-order valence-electron chi connectivity index (χ2n) is 9.55. The lowest BCUT2D eigenvalue weighted by atomic mass is 9.90. The zero-order chi connectivity index (χ0) is 24.9. The molecule has 0 N–H and O–H groups in total. The van der Waals surface area contributed by atoms with Gasteiger partial charge in [-0.2, -0.15) is 0 Å². The minimum absolute atomic E-state index is 0.00824. The summed E-state index contributed by atoms with van der Waals surface area (Å²) in [5.41, 5.74) is 2.28. The number of piperidine rings is 1. The predicted molar refractivity (Wildman–Crippen MR) is 141 cm³/mol. The topological polar surface area (TPSA) is 82.8 Å². The summed E-state index contributed by atoms with van der Waals surface area (Å²) in [6, 6.07) is 21.2. The number of carbonyl (C=O) groups excluding carboxylic acids is 1. The molecular formula is C28H31N5O3. The van der Waals surface area contributed by atoms with Crippen molar-refractivity contribution in [3.63, 3.8) is 0 Å². The molecule has 0 unspecified atom stereocenters. The number of carbonyl (C=O) groups is 1. The molecule has 3 aromatic rings. The zero-order valence-corrected chi connectivity index (χ0v) is 20.3. The van der Waals surface area contributed by atoms with Gasteiger partial charge in [0.15, 0.2) is 0 Å². The van der Waals surface area contributed by atoms with Crippen LogP contribution in [-0.2, 0) is 6.42 Å². The van der Waals surface area contributed by atoms with E-state index in [2.05, 4.69) is 34.1 Å². The Bertz CT molecular complexity index is 1190. The van der Waals surface area contributed by atoms with Crippen LogP contribution < -0.4 is 9.80 Å². The fraction of sp³-hybridized carbons (Fsp3) is 0.357. The second kappa shape index (κ2) is 10.8. The number of piperazine rings is 1. The number of likely N-dealkylation sites (tertiary alicyclic amines) is 1. The fourth-order valence-corrected chi connectivity index (χ4v) is 5.26. The van der Waals surface area contributed by atoms with Crippen molar-refractivity contribution in [1.29, 1.82) is 0 Å². The molecule has 0 radical (unpaired) electrons. The molecule has 36 heavy (non-hydrogen) atoms. The maximum absolute atomic E-state index is 13.2. The van der Waals surface area contributed by atoms with E-state index in [4.69, 9.17) is 0 Å². The Morgan fingerprint density at radius 3 is 2.25 bits per heavy atom. The number of benzene rings is 2. The lowest BCUT2D eigenvalue weighted by Gasteiger charge is -2.36. The van der Waals surface area contributed by atoms with E-state index in [1.807, 2.05) is 34.1 Å². The third-order valence-electron chi connectivity index (χ3n) is 7.28. The van der Waals surface area contributed by atoms with Crippen LogP contribution in [0.5, 0.6) is 0 Å². The molecule has 0 aliphatic carbocycles. The van der Waals surface area contributed by atoms with Crippen LogP contribution >= 0.6 is 0 Å². The van der Waals surface area contributed by atoms with Gasteiger partial charge in [0.25, 0.3) is 11.6 Å². The van der Waals surface area contributed by atoms with Crippen molar-refractivity contribution in [2.75, 3.05) is 49.1 Å². The molecule has 0 atom stereocenters. The Morgan fingerprint density at radius 2 is 1.58 bits per heavy atom. The molecule has 2 saturated heterocycles. The van der Waals surface area contributed by atoms with Crippen LogP contribution in [0.4, 0.5) is 17.2 Å². The summed E-state index contributed by atoms with van der Waals surface area (Å²) in [4.78, 5) is 35.2. The molecule has 2 aliphatic rings. The first-order chi connectivity index (χ1) is 17.6. The highest BCUT2D eigenvalue weighted by Crippen LogP contribution is 2.32. The quantitative estimate of drug-likeness (QED) is 0.380. The van der Waals surface area contributed by atoms with Gasteiger partial charge in [0, 0.05) is 57.1 Å². The maximum atomic E-state index is 13.2. The lowest BCUT2D eigenvalue weighted by molar-refractivity contribution is -0.384. The first-order valence-electron chi connectivity index (χ1n) is 12.6. The molecular weight excluding hydrogens is 454 g/mol. The molecule has 8 heteroatoms. The van der Waals surface area contributed by atoms with E-state index < -0.39 is 0 Å². The standard InChI is InChI=1S/C28H31N5O3/c34-28(32-14-11-23(12-15-32)20-22-6-2-1-3-7-22)24-9-10-25(26(21-24)33(35)36)30-16-18-31(19-17-30)27-8-4-5-13-29-27/h1-10,13,21,23H,11-12,14-20H2. The van der Waals surface area contributed by atoms with E-state index in [1.54, 1.807) is 18.3 Å². The van der Waals surface area contributed by atoms with Gasteiger partial charge in [0.05, 0.1) is 4.92 Å². The summed E-state index contributed by atoms with van der Waals surface area (Å²) in [5, 5.41) is 12.0. The summed E-state index contributed by atoms with van der Waals surface area (Å²) >= 11 is 0. The van der Waals surface area contributed by atoms with Crippen LogP contribution in [0.25, 0.3) is 0 Å². The number of rotatable bonds is 6. The number of nitrogens with zero attached hydrogens (tertiary/aromatic N) is 5. The smallest absolute Gasteiger partial charge is 0.293 e. The summed E-state index contributed by atoms with van der Waals surface area (Å²) in [6.07, 6.45) is 4.69. The summed E-state index contributed by atoms with van der Waals surface area (Å²) in [6.45, 7) is 4.13. The molecule has 2 aliphatic heterocycles. The minimum Gasteiger partial charge on any atom is -0.362 e. The minimum atomic E-state index is -0.372. The van der Waals surface area contributed by atoms with Gasteiger partial charge in [-0.1, -0.05) is 36.4 Å². The first kappa shape index (κ1) is 23.8. The SMILES string of the molecule is O=C(c1ccc(N2CCN(c3ccccn3)CC2)c([N+](=O)[O-])c1)N1CCC(Cc2ccccc2)CC1. The van der Waals surface area contributed by atoms with E-state index in [0.717, 1.165) is 38.2 Å². The van der Waals surface area contributed by atoms with Gasteiger partial charge in [-0.25, -0.2) is 4.98 Å². The predicted octanol–water partition coefficient (Wildman–Crippen LogP) is 4.41. The first-order valence-corrected chi connectivity index (χ1v) is 12.6. The highest BCUT2D eigenvalue weighted by molar-refractivity contribution is 5.96. The van der Waals surface area contributed by atoms with Gasteiger partial charge in [-0.05, 0) is 55.0 Å². The molecule has 0 spiro atoms. The number of aromatic nitrogens is 1. The van der Waals surface area contributed by atoms with E-state index >= 15 is 0 Å². The van der Waals surface area contributed by atoms with E-state index in [9.17, 15) is 14.9 Å². The fourth-order valence-electron chi connectivity index (χ4n) is 5.26. The molecule has 8 nitrogen and oxygen atoms in total. The van der Waals surface area contributed by atoms with Crippen molar-refractivity contribution in [2.45, 2.75) is 19.3 Å². The second-order valence-corrected chi connectivity index (χ2v) is 9.55. The van der Waals surface area contributed by atoms with Crippen LogP contribution in [0.15, 0.2) is 72.9 Å². The third kappa shape index (κ3) is 5.32. The molecule has 3 heterocycles. The Kier molecular flexibility index (Phi) is 7.11. The average Bonchev–Trinajstić information content (AvgIpc) is 2.94. The highest BCUT2D eigenvalue weighted by atomic mass is 16.6. The normalized spacial score (nSPS) is 16.7. The monoisotopic (exact) mass is 485 g/mol. The Labute approximate surface area is 211 Å². The summed E-state index contributed by atoms with van der Waals surface area (Å²) < 4.78 is 0. The Hall–Kier alpha value is -3.94. The largest absolute Gasteiger partial charge is 0.362 e. The molecule has 0 saturated carbocycles. The molecule has 1 amide bonds. The number of nitro groups is 1. The van der Waals surface area contributed by atoms with Crippen molar-refractivity contribution in [2.24, 2.45) is 5.92 Å². The summed E-state index contributed by atoms with van der Waals surface area (Å²) in [7, 11) is 0. The number of hydrogen-bond donors (Lipinski definition) is 0. The van der Waals surface area contributed by atoms with Crippen molar-refractivity contribution in [1.82, 2.24) is 9.88 Å². The number of hydrogen-bond acceptors (Lipinski definition) is 6. The molecule has 0 bridgehead atoms. The summed E-state index contributed by atoms with van der Waals surface area (Å²) in [5.74, 6) is 1.35. The Balaban J connectivity index is 1.22. The maximum Gasteiger partial charge on any atom is 0.293 e. The van der Waals surface area contributed by atoms with Gasteiger partial charge in [0.2, 0.25) is 0 Å². The Morgan fingerprint density at radius 1 is 0.889 bits per heavy atom. The third-order valence-corrected chi connectivity index (χ3v) is 7.28. The van der Waals surface area contributed by atoms with Gasteiger partial charge in [-0.15, -0.1) is 0 Å².